The van der Waals surface area contributed by atoms with E-state index in [1.807, 2.05) is 6.08 Å². The van der Waals surface area contributed by atoms with Crippen LogP contribution in [0.1, 0.15) is 44.6 Å². The molecule has 0 spiro atoms. The van der Waals surface area contributed by atoms with Gasteiger partial charge in [-0.1, -0.05) is 25.8 Å². The molecule has 0 aliphatic heterocycles. The second-order valence-corrected chi connectivity index (χ2v) is 4.88. The van der Waals surface area contributed by atoms with Crippen molar-refractivity contribution < 1.29 is 13.2 Å². The zero-order valence-corrected chi connectivity index (χ0v) is 10.5. The van der Waals surface area contributed by atoms with Gasteiger partial charge in [-0.05, 0) is 42.9 Å². The molecule has 0 saturated heterocycles. The highest BCUT2D eigenvalue weighted by molar-refractivity contribution is 5.66. The summed E-state index contributed by atoms with van der Waals surface area (Å²) in [6, 6.07) is 2.33. The summed E-state index contributed by atoms with van der Waals surface area (Å²) < 4.78 is 39.7. The first-order valence-electron chi connectivity index (χ1n) is 6.46. The Labute approximate surface area is 106 Å². The fourth-order valence-electron chi connectivity index (χ4n) is 2.58. The van der Waals surface area contributed by atoms with Crippen LogP contribution in [0.2, 0.25) is 0 Å². The van der Waals surface area contributed by atoms with E-state index >= 15 is 0 Å². The summed E-state index contributed by atoms with van der Waals surface area (Å²) in [6.45, 7) is 2.15. The van der Waals surface area contributed by atoms with Crippen LogP contribution in [-0.2, 0) is 0 Å². The third kappa shape index (κ3) is 2.60. The van der Waals surface area contributed by atoms with Crippen LogP contribution >= 0.6 is 0 Å². The molecule has 0 heterocycles. The summed E-state index contributed by atoms with van der Waals surface area (Å²) in [7, 11) is 0. The van der Waals surface area contributed by atoms with Gasteiger partial charge in [0.15, 0.2) is 17.5 Å². The lowest BCUT2D eigenvalue weighted by atomic mass is 9.84. The van der Waals surface area contributed by atoms with Crippen molar-refractivity contribution in [2.24, 2.45) is 5.92 Å². The van der Waals surface area contributed by atoms with Gasteiger partial charge in [-0.2, -0.15) is 0 Å². The molecule has 1 unspecified atom stereocenters. The SMILES string of the molecule is CCCC1CC=C(c2ccc(F)c(F)c2F)CC1. The fourth-order valence-corrected chi connectivity index (χ4v) is 2.58. The summed E-state index contributed by atoms with van der Waals surface area (Å²) in [6.07, 6.45) is 6.93. The zero-order valence-electron chi connectivity index (χ0n) is 10.5. The second-order valence-electron chi connectivity index (χ2n) is 4.88. The number of hydrogen-bond acceptors (Lipinski definition) is 0. The van der Waals surface area contributed by atoms with Gasteiger partial charge >= 0.3 is 0 Å². The number of halogens is 3. The van der Waals surface area contributed by atoms with E-state index in [0.717, 1.165) is 37.3 Å². The Balaban J connectivity index is 2.21. The van der Waals surface area contributed by atoms with Gasteiger partial charge in [-0.3, -0.25) is 0 Å². The molecule has 0 radical (unpaired) electrons. The summed E-state index contributed by atoms with van der Waals surface area (Å²) >= 11 is 0. The van der Waals surface area contributed by atoms with Crippen molar-refractivity contribution in [3.05, 3.63) is 41.2 Å². The van der Waals surface area contributed by atoms with Crippen molar-refractivity contribution in [1.29, 1.82) is 0 Å². The predicted molar refractivity (Wildman–Crippen MR) is 66.5 cm³/mol. The minimum absolute atomic E-state index is 0.212. The lowest BCUT2D eigenvalue weighted by Crippen LogP contribution is -2.06. The largest absolute Gasteiger partial charge is 0.204 e. The maximum atomic E-state index is 13.6. The Hall–Kier alpha value is -1.25. The first kappa shape index (κ1) is 13.2. The molecule has 0 amide bonds. The van der Waals surface area contributed by atoms with Crippen LogP contribution in [0.25, 0.3) is 5.57 Å². The van der Waals surface area contributed by atoms with Gasteiger partial charge in [0.2, 0.25) is 0 Å². The van der Waals surface area contributed by atoms with Gasteiger partial charge in [-0.15, -0.1) is 0 Å². The van der Waals surface area contributed by atoms with Gasteiger partial charge in [0.05, 0.1) is 0 Å². The molecule has 1 aliphatic carbocycles. The van der Waals surface area contributed by atoms with E-state index in [0.29, 0.717) is 5.92 Å². The lowest BCUT2D eigenvalue weighted by molar-refractivity contribution is 0.436. The summed E-state index contributed by atoms with van der Waals surface area (Å²) in [5, 5.41) is 0. The molecule has 0 bridgehead atoms. The van der Waals surface area contributed by atoms with Crippen LogP contribution < -0.4 is 0 Å². The van der Waals surface area contributed by atoms with E-state index in [9.17, 15) is 13.2 Å². The molecule has 3 heteroatoms. The van der Waals surface area contributed by atoms with E-state index in [-0.39, 0.29) is 5.56 Å². The fraction of sp³-hybridized carbons (Fsp3) is 0.467. The first-order chi connectivity index (χ1) is 8.63. The Kier molecular flexibility index (Phi) is 4.10. The summed E-state index contributed by atoms with van der Waals surface area (Å²) in [5.74, 6) is -2.91. The molecule has 1 atom stereocenters. The Morgan fingerprint density at radius 3 is 2.56 bits per heavy atom. The quantitative estimate of drug-likeness (QED) is 0.659. The van der Waals surface area contributed by atoms with Crippen molar-refractivity contribution in [3.63, 3.8) is 0 Å². The highest BCUT2D eigenvalue weighted by Gasteiger charge is 2.20. The van der Waals surface area contributed by atoms with Crippen LogP contribution in [0.4, 0.5) is 13.2 Å². The number of rotatable bonds is 3. The van der Waals surface area contributed by atoms with E-state index in [2.05, 4.69) is 6.92 Å². The van der Waals surface area contributed by atoms with Crippen molar-refractivity contribution in [2.75, 3.05) is 0 Å². The molecule has 1 aliphatic rings. The number of benzene rings is 1. The van der Waals surface area contributed by atoms with Crippen LogP contribution in [0, 0.1) is 23.4 Å². The van der Waals surface area contributed by atoms with E-state index in [4.69, 9.17) is 0 Å². The maximum absolute atomic E-state index is 13.6. The van der Waals surface area contributed by atoms with Gasteiger partial charge < -0.3 is 0 Å². The lowest BCUT2D eigenvalue weighted by Gasteiger charge is -2.22. The molecule has 1 aromatic rings. The Bertz CT molecular complexity index is 463. The Morgan fingerprint density at radius 1 is 1.17 bits per heavy atom. The van der Waals surface area contributed by atoms with Crippen LogP contribution in [0.5, 0.6) is 0 Å². The Morgan fingerprint density at radius 2 is 1.94 bits per heavy atom. The minimum atomic E-state index is -1.37. The molecule has 1 aromatic carbocycles. The van der Waals surface area contributed by atoms with E-state index in [1.54, 1.807) is 0 Å². The molecule has 0 aromatic heterocycles. The standard InChI is InChI=1S/C15H17F3/c1-2-3-10-4-6-11(7-5-10)12-8-9-13(16)15(18)14(12)17/h6,8-10H,2-5,7H2,1H3. The third-order valence-corrected chi connectivity index (χ3v) is 3.60. The second kappa shape index (κ2) is 5.59. The summed E-state index contributed by atoms with van der Waals surface area (Å²) in [4.78, 5) is 0. The van der Waals surface area contributed by atoms with Crippen molar-refractivity contribution in [1.82, 2.24) is 0 Å². The highest BCUT2D eigenvalue weighted by atomic mass is 19.2. The average molecular weight is 254 g/mol. The molecule has 0 saturated carbocycles. The number of hydrogen-bond donors (Lipinski definition) is 0. The monoisotopic (exact) mass is 254 g/mol. The topological polar surface area (TPSA) is 0 Å². The van der Waals surface area contributed by atoms with Crippen LogP contribution in [0.15, 0.2) is 18.2 Å². The predicted octanol–water partition coefficient (Wildman–Crippen LogP) is 5.09. The molecular weight excluding hydrogens is 237 g/mol. The third-order valence-electron chi connectivity index (χ3n) is 3.60. The molecular formula is C15H17F3. The van der Waals surface area contributed by atoms with Crippen LogP contribution in [-0.4, -0.2) is 0 Å². The van der Waals surface area contributed by atoms with E-state index in [1.165, 1.54) is 12.5 Å². The molecule has 98 valence electrons. The molecule has 0 fully saturated rings. The van der Waals surface area contributed by atoms with Gasteiger partial charge in [0.25, 0.3) is 0 Å². The van der Waals surface area contributed by atoms with Gasteiger partial charge in [0.1, 0.15) is 0 Å². The van der Waals surface area contributed by atoms with Crippen molar-refractivity contribution in [3.8, 4) is 0 Å². The first-order valence-corrected chi connectivity index (χ1v) is 6.46. The minimum Gasteiger partial charge on any atom is -0.204 e. The molecule has 0 nitrogen and oxygen atoms in total. The number of allylic oxidation sites excluding steroid dienone is 2. The van der Waals surface area contributed by atoms with E-state index < -0.39 is 17.5 Å². The van der Waals surface area contributed by atoms with Crippen molar-refractivity contribution >= 4 is 5.57 Å². The normalized spacial score (nSPS) is 19.8. The zero-order chi connectivity index (χ0) is 13.1. The molecule has 18 heavy (non-hydrogen) atoms. The van der Waals surface area contributed by atoms with Crippen molar-refractivity contribution in [2.45, 2.75) is 39.0 Å². The highest BCUT2D eigenvalue weighted by Crippen LogP contribution is 2.34. The average Bonchev–Trinajstić information content (AvgIpc) is 2.38. The maximum Gasteiger partial charge on any atom is 0.195 e. The van der Waals surface area contributed by atoms with Crippen LogP contribution in [0.3, 0.4) is 0 Å². The summed E-state index contributed by atoms with van der Waals surface area (Å²) in [5.41, 5.74) is 1.02. The van der Waals surface area contributed by atoms with Gasteiger partial charge in [0, 0.05) is 5.56 Å². The molecule has 0 N–H and O–H groups in total. The van der Waals surface area contributed by atoms with Gasteiger partial charge in [-0.25, -0.2) is 13.2 Å². The molecule has 2 rings (SSSR count). The smallest absolute Gasteiger partial charge is 0.195 e.